The van der Waals surface area contributed by atoms with Gasteiger partial charge in [-0.25, -0.2) is 4.79 Å². The number of hydrogen-bond donors (Lipinski definition) is 1. The minimum Gasteiger partial charge on any atom is -0.463 e. The largest absolute Gasteiger partial charge is 0.463 e. The minimum absolute atomic E-state index is 0.355. The summed E-state index contributed by atoms with van der Waals surface area (Å²) in [5.41, 5.74) is 5.82. The van der Waals surface area contributed by atoms with E-state index >= 15 is 0 Å². The molecule has 0 aliphatic heterocycles. The Balaban J connectivity index is 2.37. The molecule has 0 aromatic carbocycles. The Morgan fingerprint density at radius 3 is 2.93 bits per heavy atom. The van der Waals surface area contributed by atoms with Crippen molar-refractivity contribution in [3.05, 3.63) is 12.2 Å². The van der Waals surface area contributed by atoms with Crippen LogP contribution < -0.4 is 5.73 Å². The number of thioether (sulfide) groups is 1. The van der Waals surface area contributed by atoms with Crippen molar-refractivity contribution in [1.29, 1.82) is 0 Å². The molecule has 0 spiro atoms. The summed E-state index contributed by atoms with van der Waals surface area (Å²) in [6, 6.07) is 0. The molecule has 0 atom stereocenters. The molecule has 2 N–H and O–H groups in total. The second kappa shape index (κ2) is 5.72. The van der Waals surface area contributed by atoms with E-state index < -0.39 is 0 Å². The van der Waals surface area contributed by atoms with E-state index in [0.717, 1.165) is 4.34 Å². The lowest BCUT2D eigenvalue weighted by atomic mass is 10.4. The van der Waals surface area contributed by atoms with Crippen molar-refractivity contribution < 1.29 is 9.53 Å². The first-order chi connectivity index (χ1) is 7.13. The Hall–Kier alpha value is -1.08. The number of nitrogens with two attached hydrogens (primary N) is 1. The average Bonchev–Trinajstić information content (AvgIpc) is 2.61. The molecular formula is C8H11N3O2S2. The lowest BCUT2D eigenvalue weighted by Crippen LogP contribution is -2.08. The van der Waals surface area contributed by atoms with Gasteiger partial charge in [0, 0.05) is 11.3 Å². The van der Waals surface area contributed by atoms with E-state index in [-0.39, 0.29) is 5.97 Å². The number of nitrogens with zero attached hydrogens (tertiary/aromatic N) is 2. The molecule has 0 aliphatic rings. The van der Waals surface area contributed by atoms with Gasteiger partial charge in [-0.3, -0.25) is 0 Å². The molecule has 0 saturated carbocycles. The topological polar surface area (TPSA) is 78.1 Å². The summed E-state index contributed by atoms with van der Waals surface area (Å²) in [7, 11) is 0. The molecule has 0 saturated heterocycles. The maximum Gasteiger partial charge on any atom is 0.334 e. The summed E-state index contributed by atoms with van der Waals surface area (Å²) in [6.45, 7) is 5.73. The van der Waals surface area contributed by atoms with Gasteiger partial charge in [-0.05, 0) is 6.92 Å². The third-order valence-electron chi connectivity index (χ3n) is 1.36. The Morgan fingerprint density at radius 2 is 2.40 bits per heavy atom. The summed E-state index contributed by atoms with van der Waals surface area (Å²) < 4.78 is 5.51. The van der Waals surface area contributed by atoms with Gasteiger partial charge in [-0.15, -0.1) is 10.2 Å². The highest BCUT2D eigenvalue weighted by molar-refractivity contribution is 8.01. The number of ether oxygens (including phenoxy) is 1. The molecular weight excluding hydrogens is 234 g/mol. The van der Waals surface area contributed by atoms with Crippen LogP contribution in [0, 0.1) is 0 Å². The molecule has 1 aromatic heterocycles. The van der Waals surface area contributed by atoms with E-state index in [9.17, 15) is 4.79 Å². The minimum atomic E-state index is -0.373. The Morgan fingerprint density at radius 1 is 1.67 bits per heavy atom. The molecule has 1 rings (SSSR count). The first-order valence-electron chi connectivity index (χ1n) is 4.20. The number of aromatic nitrogens is 2. The predicted molar refractivity (Wildman–Crippen MR) is 60.8 cm³/mol. The van der Waals surface area contributed by atoms with Gasteiger partial charge in [0.1, 0.15) is 0 Å². The summed E-state index contributed by atoms with van der Waals surface area (Å²) in [5, 5.41) is 7.88. The number of hydrogen-bond acceptors (Lipinski definition) is 7. The van der Waals surface area contributed by atoms with Crippen LogP contribution in [-0.2, 0) is 9.53 Å². The first-order valence-corrected chi connectivity index (χ1v) is 6.00. The fourth-order valence-electron chi connectivity index (χ4n) is 0.720. The quantitative estimate of drug-likeness (QED) is 0.479. The predicted octanol–water partition coefficient (Wildman–Crippen LogP) is 1.33. The zero-order valence-corrected chi connectivity index (χ0v) is 9.86. The second-order valence-corrected chi connectivity index (χ2v) is 4.75. The normalized spacial score (nSPS) is 9.93. The molecule has 1 heterocycles. The monoisotopic (exact) mass is 245 g/mol. The maximum atomic E-state index is 11.2. The molecule has 0 bridgehead atoms. The maximum absolute atomic E-state index is 11.2. The highest BCUT2D eigenvalue weighted by Crippen LogP contribution is 2.24. The molecule has 1 aromatic rings. The molecule has 0 radical (unpaired) electrons. The van der Waals surface area contributed by atoms with Crippen LogP contribution in [0.15, 0.2) is 16.5 Å². The standard InChI is InChI=1S/C8H11N3O2S2/c1-3-13-6(12)5(2)4-14-8-11-10-7(9)15-8/h2-4H2,1H3,(H2,9,10). The van der Waals surface area contributed by atoms with Crippen molar-refractivity contribution in [2.24, 2.45) is 0 Å². The lowest BCUT2D eigenvalue weighted by molar-refractivity contribution is -0.138. The van der Waals surface area contributed by atoms with E-state index in [1.807, 2.05) is 0 Å². The Bertz CT molecular complexity index is 365. The van der Waals surface area contributed by atoms with Crippen LogP contribution in [0.1, 0.15) is 6.92 Å². The molecule has 15 heavy (non-hydrogen) atoms. The van der Waals surface area contributed by atoms with Crippen LogP contribution >= 0.6 is 23.1 Å². The molecule has 7 heteroatoms. The summed E-state index contributed by atoms with van der Waals surface area (Å²) >= 11 is 2.65. The van der Waals surface area contributed by atoms with Crippen molar-refractivity contribution in [3.63, 3.8) is 0 Å². The van der Waals surface area contributed by atoms with E-state index in [2.05, 4.69) is 16.8 Å². The van der Waals surface area contributed by atoms with Gasteiger partial charge < -0.3 is 10.5 Å². The van der Waals surface area contributed by atoms with E-state index in [1.54, 1.807) is 6.92 Å². The number of esters is 1. The van der Waals surface area contributed by atoms with Crippen LogP contribution in [0.3, 0.4) is 0 Å². The molecule has 5 nitrogen and oxygen atoms in total. The molecule has 0 amide bonds. The van der Waals surface area contributed by atoms with Gasteiger partial charge in [0.05, 0.1) is 6.61 Å². The second-order valence-electron chi connectivity index (χ2n) is 2.52. The Kier molecular flexibility index (Phi) is 4.57. The SMILES string of the molecule is C=C(CSc1nnc(N)s1)C(=O)OCC. The number of anilines is 1. The highest BCUT2D eigenvalue weighted by Gasteiger charge is 2.09. The van der Waals surface area contributed by atoms with Crippen molar-refractivity contribution in [2.45, 2.75) is 11.3 Å². The van der Waals surface area contributed by atoms with Crippen LogP contribution in [0.5, 0.6) is 0 Å². The van der Waals surface area contributed by atoms with Crippen molar-refractivity contribution in [2.75, 3.05) is 18.1 Å². The molecule has 82 valence electrons. The molecule has 0 unspecified atom stereocenters. The fraction of sp³-hybridized carbons (Fsp3) is 0.375. The van der Waals surface area contributed by atoms with Crippen molar-refractivity contribution in [3.8, 4) is 0 Å². The Labute approximate surface area is 95.7 Å². The van der Waals surface area contributed by atoms with Gasteiger partial charge >= 0.3 is 5.97 Å². The summed E-state index contributed by atoms with van der Waals surface area (Å²) in [6.07, 6.45) is 0. The van der Waals surface area contributed by atoms with Gasteiger partial charge in [-0.1, -0.05) is 29.7 Å². The number of carbonyl (C=O) groups is 1. The first kappa shape index (κ1) is 12.0. The van der Waals surface area contributed by atoms with Crippen molar-refractivity contribution in [1.82, 2.24) is 10.2 Å². The molecule has 0 fully saturated rings. The van der Waals surface area contributed by atoms with E-state index in [4.69, 9.17) is 10.5 Å². The van der Waals surface area contributed by atoms with Gasteiger partial charge in [-0.2, -0.15) is 0 Å². The van der Waals surface area contributed by atoms with Crippen LogP contribution in [-0.4, -0.2) is 28.5 Å². The zero-order chi connectivity index (χ0) is 11.3. The fourth-order valence-corrected chi connectivity index (χ4v) is 2.24. The van der Waals surface area contributed by atoms with Gasteiger partial charge in [0.2, 0.25) is 5.13 Å². The lowest BCUT2D eigenvalue weighted by Gasteiger charge is -2.02. The van der Waals surface area contributed by atoms with Crippen molar-refractivity contribution >= 4 is 34.2 Å². The number of rotatable bonds is 5. The zero-order valence-electron chi connectivity index (χ0n) is 8.23. The molecule has 0 aliphatic carbocycles. The van der Waals surface area contributed by atoms with E-state index in [0.29, 0.717) is 23.1 Å². The van der Waals surface area contributed by atoms with Crippen LogP contribution in [0.25, 0.3) is 0 Å². The smallest absolute Gasteiger partial charge is 0.334 e. The number of carbonyl (C=O) groups excluding carboxylic acids is 1. The number of nitrogen functional groups attached to an aromatic ring is 1. The van der Waals surface area contributed by atoms with E-state index in [1.165, 1.54) is 23.1 Å². The third-order valence-corrected chi connectivity index (χ3v) is 3.33. The van der Waals surface area contributed by atoms with Crippen LogP contribution in [0.2, 0.25) is 0 Å². The van der Waals surface area contributed by atoms with Crippen LogP contribution in [0.4, 0.5) is 5.13 Å². The third kappa shape index (κ3) is 3.88. The van der Waals surface area contributed by atoms with Gasteiger partial charge in [0.15, 0.2) is 4.34 Å². The van der Waals surface area contributed by atoms with Gasteiger partial charge in [0.25, 0.3) is 0 Å². The summed E-state index contributed by atoms with van der Waals surface area (Å²) in [4.78, 5) is 11.2. The highest BCUT2D eigenvalue weighted by atomic mass is 32.2. The average molecular weight is 245 g/mol. The summed E-state index contributed by atoms with van der Waals surface area (Å²) in [5.74, 6) is 0.0653.